The molecule has 0 fully saturated rings. The molecule has 7 heteroatoms. The van der Waals surface area contributed by atoms with E-state index >= 15 is 0 Å². The first-order valence-electron chi connectivity index (χ1n) is 6.42. The van der Waals surface area contributed by atoms with Gasteiger partial charge in [-0.1, -0.05) is 17.7 Å². The number of carboxylic acid groups (broad SMARTS) is 1. The van der Waals surface area contributed by atoms with Crippen LogP contribution in [0, 0.1) is 6.92 Å². The number of aliphatic hydroxyl groups is 1. The van der Waals surface area contributed by atoms with Gasteiger partial charge >= 0.3 is 5.97 Å². The average Bonchev–Trinajstić information content (AvgIpc) is 2.44. The number of hydrogen-bond acceptors (Lipinski definition) is 4. The fraction of sp³-hybridized carbons (Fsp3) is 0.357. The van der Waals surface area contributed by atoms with Gasteiger partial charge in [-0.05, 0) is 19.1 Å². The summed E-state index contributed by atoms with van der Waals surface area (Å²) in [5, 5.41) is 22.2. The van der Waals surface area contributed by atoms with Crippen molar-refractivity contribution in [3.8, 4) is 0 Å². The van der Waals surface area contributed by atoms with Crippen LogP contribution in [0.15, 0.2) is 24.3 Å². The molecular weight excluding hydrogens is 276 g/mol. The average molecular weight is 294 g/mol. The van der Waals surface area contributed by atoms with Gasteiger partial charge in [0.1, 0.15) is 6.04 Å². The number of hydrogen-bond donors (Lipinski definition) is 4. The number of aliphatic carboxylic acids is 1. The quantitative estimate of drug-likeness (QED) is 0.550. The highest BCUT2D eigenvalue weighted by atomic mass is 16.4. The Balaban J connectivity index is 2.49. The Morgan fingerprint density at radius 3 is 2.57 bits per heavy atom. The highest BCUT2D eigenvalue weighted by Crippen LogP contribution is 2.03. The minimum absolute atomic E-state index is 0.0904. The van der Waals surface area contributed by atoms with E-state index in [1.807, 2.05) is 13.0 Å². The van der Waals surface area contributed by atoms with Crippen LogP contribution in [0.2, 0.25) is 0 Å². The number of nitrogens with one attached hydrogen (secondary N) is 2. The molecule has 21 heavy (non-hydrogen) atoms. The van der Waals surface area contributed by atoms with Gasteiger partial charge in [-0.15, -0.1) is 0 Å². The summed E-state index contributed by atoms with van der Waals surface area (Å²) in [6.45, 7) is 1.16. The molecule has 0 aromatic heterocycles. The summed E-state index contributed by atoms with van der Waals surface area (Å²) < 4.78 is 0. The van der Waals surface area contributed by atoms with Crippen molar-refractivity contribution in [3.05, 3.63) is 35.4 Å². The molecule has 7 nitrogen and oxygen atoms in total. The molecule has 0 bridgehead atoms. The molecule has 114 valence electrons. The maximum Gasteiger partial charge on any atom is 0.326 e. The van der Waals surface area contributed by atoms with E-state index in [-0.39, 0.29) is 19.6 Å². The third-order valence-electron chi connectivity index (χ3n) is 2.74. The van der Waals surface area contributed by atoms with Gasteiger partial charge in [0, 0.05) is 18.6 Å². The Labute approximate surface area is 122 Å². The van der Waals surface area contributed by atoms with Crippen LogP contribution in [-0.4, -0.2) is 47.2 Å². The van der Waals surface area contributed by atoms with Gasteiger partial charge in [-0.3, -0.25) is 9.59 Å². The Hall–Kier alpha value is -2.41. The summed E-state index contributed by atoms with van der Waals surface area (Å²) >= 11 is 0. The normalized spacial score (nSPS) is 11.5. The monoisotopic (exact) mass is 294 g/mol. The van der Waals surface area contributed by atoms with Crippen molar-refractivity contribution in [1.29, 1.82) is 0 Å². The van der Waals surface area contributed by atoms with E-state index in [1.165, 1.54) is 0 Å². The molecule has 0 aliphatic heterocycles. The number of aryl methyl sites for hydroxylation is 1. The van der Waals surface area contributed by atoms with Gasteiger partial charge in [0.2, 0.25) is 5.91 Å². The molecular formula is C14H18N2O5. The zero-order valence-electron chi connectivity index (χ0n) is 11.6. The Bertz CT molecular complexity index is 530. The number of carbonyl (C=O) groups is 3. The minimum Gasteiger partial charge on any atom is -0.480 e. The number of benzene rings is 1. The summed E-state index contributed by atoms with van der Waals surface area (Å²) in [4.78, 5) is 34.2. The molecule has 1 rings (SSSR count). The van der Waals surface area contributed by atoms with Crippen LogP contribution in [0.3, 0.4) is 0 Å². The fourth-order valence-corrected chi connectivity index (χ4v) is 1.68. The second-order valence-electron chi connectivity index (χ2n) is 4.52. The van der Waals surface area contributed by atoms with E-state index in [4.69, 9.17) is 10.2 Å². The molecule has 1 aromatic carbocycles. The molecule has 0 aliphatic rings. The predicted octanol–water partition coefficient (Wildman–Crippen LogP) is -0.323. The van der Waals surface area contributed by atoms with Gasteiger partial charge in [-0.25, -0.2) is 4.79 Å². The molecule has 0 heterocycles. The largest absolute Gasteiger partial charge is 0.480 e. The lowest BCUT2D eigenvalue weighted by atomic mass is 10.1. The topological polar surface area (TPSA) is 116 Å². The van der Waals surface area contributed by atoms with Crippen molar-refractivity contribution in [2.75, 3.05) is 13.2 Å². The van der Waals surface area contributed by atoms with E-state index in [9.17, 15) is 14.4 Å². The first-order chi connectivity index (χ1) is 9.93. The highest BCUT2D eigenvalue weighted by Gasteiger charge is 2.19. The van der Waals surface area contributed by atoms with Crippen molar-refractivity contribution in [3.63, 3.8) is 0 Å². The number of amides is 2. The van der Waals surface area contributed by atoms with Gasteiger partial charge in [-0.2, -0.15) is 0 Å². The van der Waals surface area contributed by atoms with Gasteiger partial charge < -0.3 is 20.8 Å². The lowest BCUT2D eigenvalue weighted by molar-refractivity contribution is -0.142. The van der Waals surface area contributed by atoms with Crippen LogP contribution in [0.1, 0.15) is 22.3 Å². The standard InChI is InChI=1S/C14H18N2O5/c1-9-3-2-4-10(7-9)13(19)15-8-12(18)16-11(5-6-17)14(20)21/h2-4,7,11,17H,5-6,8H2,1H3,(H,15,19)(H,16,18)(H,20,21)/t11-/m1/s1. The van der Waals surface area contributed by atoms with Crippen molar-refractivity contribution >= 4 is 17.8 Å². The van der Waals surface area contributed by atoms with Gasteiger partial charge in [0.25, 0.3) is 5.91 Å². The summed E-state index contributed by atoms with van der Waals surface area (Å²) in [5.41, 5.74) is 1.34. The third kappa shape index (κ3) is 5.62. The van der Waals surface area contributed by atoms with Crippen molar-refractivity contribution in [1.82, 2.24) is 10.6 Å². The zero-order chi connectivity index (χ0) is 15.8. The highest BCUT2D eigenvalue weighted by molar-refractivity contribution is 5.97. The number of carboxylic acids is 1. The first-order valence-corrected chi connectivity index (χ1v) is 6.42. The zero-order valence-corrected chi connectivity index (χ0v) is 11.6. The fourth-order valence-electron chi connectivity index (χ4n) is 1.68. The smallest absolute Gasteiger partial charge is 0.326 e. The van der Waals surface area contributed by atoms with Crippen molar-refractivity contribution in [2.24, 2.45) is 0 Å². The van der Waals surface area contributed by atoms with E-state index in [0.29, 0.717) is 5.56 Å². The van der Waals surface area contributed by atoms with Crippen LogP contribution in [0.5, 0.6) is 0 Å². The second kappa shape index (κ2) is 8.01. The lowest BCUT2D eigenvalue weighted by Crippen LogP contribution is -2.45. The van der Waals surface area contributed by atoms with E-state index in [0.717, 1.165) is 5.56 Å². The van der Waals surface area contributed by atoms with Crippen LogP contribution in [0.25, 0.3) is 0 Å². The van der Waals surface area contributed by atoms with Crippen LogP contribution in [0.4, 0.5) is 0 Å². The second-order valence-corrected chi connectivity index (χ2v) is 4.52. The van der Waals surface area contributed by atoms with E-state index < -0.39 is 23.8 Å². The molecule has 0 radical (unpaired) electrons. The molecule has 0 spiro atoms. The molecule has 2 amide bonds. The first kappa shape index (κ1) is 16.6. The molecule has 0 aliphatic carbocycles. The maximum absolute atomic E-state index is 11.8. The molecule has 0 saturated heterocycles. The maximum atomic E-state index is 11.8. The van der Waals surface area contributed by atoms with Gasteiger partial charge in [0.15, 0.2) is 0 Å². The SMILES string of the molecule is Cc1cccc(C(=O)NCC(=O)N[C@H](CCO)C(=O)O)c1. The summed E-state index contributed by atoms with van der Waals surface area (Å²) in [5.74, 6) is -2.28. The summed E-state index contributed by atoms with van der Waals surface area (Å²) in [6.07, 6.45) is -0.0904. The van der Waals surface area contributed by atoms with Crippen molar-refractivity contribution in [2.45, 2.75) is 19.4 Å². The van der Waals surface area contributed by atoms with Crippen LogP contribution in [-0.2, 0) is 9.59 Å². The number of carbonyl (C=O) groups excluding carboxylic acids is 2. The molecule has 1 atom stereocenters. The minimum atomic E-state index is -1.23. The Morgan fingerprint density at radius 2 is 2.00 bits per heavy atom. The van der Waals surface area contributed by atoms with Crippen LogP contribution >= 0.6 is 0 Å². The number of aliphatic hydroxyl groups excluding tert-OH is 1. The molecule has 4 N–H and O–H groups in total. The Morgan fingerprint density at radius 1 is 1.29 bits per heavy atom. The summed E-state index contributed by atoms with van der Waals surface area (Å²) in [7, 11) is 0. The van der Waals surface area contributed by atoms with E-state index in [2.05, 4.69) is 10.6 Å². The molecule has 0 saturated carbocycles. The lowest BCUT2D eigenvalue weighted by Gasteiger charge is -2.13. The third-order valence-corrected chi connectivity index (χ3v) is 2.74. The number of rotatable bonds is 7. The van der Waals surface area contributed by atoms with Gasteiger partial charge in [0.05, 0.1) is 6.54 Å². The van der Waals surface area contributed by atoms with Crippen LogP contribution < -0.4 is 10.6 Å². The predicted molar refractivity (Wildman–Crippen MR) is 74.8 cm³/mol. The molecule has 1 aromatic rings. The van der Waals surface area contributed by atoms with E-state index in [1.54, 1.807) is 18.2 Å². The Kier molecular flexibility index (Phi) is 6.35. The molecule has 0 unspecified atom stereocenters. The van der Waals surface area contributed by atoms with Crippen molar-refractivity contribution < 1.29 is 24.6 Å². The summed E-state index contributed by atoms with van der Waals surface area (Å²) in [6, 6.07) is 5.70.